The van der Waals surface area contributed by atoms with Gasteiger partial charge >= 0.3 is 0 Å². The number of benzene rings is 1. The first kappa shape index (κ1) is 22.8. The van der Waals surface area contributed by atoms with Crippen LogP contribution in [0.25, 0.3) is 0 Å². The highest BCUT2D eigenvalue weighted by atomic mass is 32.2. The molecule has 2 aromatic rings. The molecule has 2 rings (SSSR count). The van der Waals surface area contributed by atoms with Gasteiger partial charge in [-0.1, -0.05) is 13.8 Å². The summed E-state index contributed by atoms with van der Waals surface area (Å²) in [7, 11) is 1.27. The summed E-state index contributed by atoms with van der Waals surface area (Å²) >= 11 is 0. The molecule has 0 radical (unpaired) electrons. The van der Waals surface area contributed by atoms with E-state index in [2.05, 4.69) is 34.8 Å². The Morgan fingerprint density at radius 2 is 1.52 bits per heavy atom. The third kappa shape index (κ3) is 4.58. The van der Waals surface area contributed by atoms with Crippen LogP contribution in [0.15, 0.2) is 28.1 Å². The van der Waals surface area contributed by atoms with Gasteiger partial charge < -0.3 is 20.7 Å². The molecule has 1 aromatic heterocycles. The normalized spacial score (nSPS) is 11.4. The van der Waals surface area contributed by atoms with Crippen molar-refractivity contribution >= 4 is 26.9 Å². The molecule has 1 heterocycles. The molecule has 0 unspecified atom stereocenters. The lowest BCUT2D eigenvalue weighted by atomic mass is 10.2. The highest BCUT2D eigenvalue weighted by Gasteiger charge is 2.30. The van der Waals surface area contributed by atoms with Crippen LogP contribution in [0.4, 0.5) is 17.1 Å². The molecular formula is C21H32N4O3S. The van der Waals surface area contributed by atoms with Crippen molar-refractivity contribution in [3.63, 3.8) is 0 Å². The van der Waals surface area contributed by atoms with Gasteiger partial charge in [0.05, 0.1) is 17.5 Å². The van der Waals surface area contributed by atoms with Gasteiger partial charge in [0.15, 0.2) is 5.03 Å². The van der Waals surface area contributed by atoms with Crippen LogP contribution >= 0.6 is 0 Å². The quantitative estimate of drug-likeness (QED) is 0.559. The molecule has 7 nitrogen and oxygen atoms in total. The number of anilines is 3. The molecule has 0 aliphatic rings. The molecule has 160 valence electrons. The molecule has 0 spiro atoms. The van der Waals surface area contributed by atoms with Crippen molar-refractivity contribution in [2.75, 3.05) is 37.1 Å². The topological polar surface area (TPSA) is 92.3 Å². The van der Waals surface area contributed by atoms with Gasteiger partial charge in [-0.05, 0) is 38.8 Å². The molecule has 1 aromatic carbocycles. The van der Waals surface area contributed by atoms with E-state index in [4.69, 9.17) is 4.74 Å². The van der Waals surface area contributed by atoms with E-state index < -0.39 is 9.84 Å². The van der Waals surface area contributed by atoms with Crippen molar-refractivity contribution in [1.29, 1.82) is 0 Å². The summed E-state index contributed by atoms with van der Waals surface area (Å²) in [6.45, 7) is 7.63. The second-order valence-electron chi connectivity index (χ2n) is 6.90. The Labute approximate surface area is 174 Å². The predicted molar refractivity (Wildman–Crippen MR) is 119 cm³/mol. The van der Waals surface area contributed by atoms with Crippen molar-refractivity contribution in [2.45, 2.75) is 56.6 Å². The smallest absolute Gasteiger partial charge is 0.228 e. The number of rotatable bonds is 9. The lowest BCUT2D eigenvalue weighted by molar-refractivity contribution is 0.190. The zero-order valence-electron chi connectivity index (χ0n) is 18.3. The van der Waals surface area contributed by atoms with E-state index in [1.165, 1.54) is 0 Å². The van der Waals surface area contributed by atoms with Crippen molar-refractivity contribution < 1.29 is 13.2 Å². The summed E-state index contributed by atoms with van der Waals surface area (Å²) in [6, 6.07) is 5.33. The number of hydrogen-bond donors (Lipinski definition) is 3. The number of aryl methyl sites for hydroxylation is 1. The summed E-state index contributed by atoms with van der Waals surface area (Å²) in [5, 5.41) is 9.07. The van der Waals surface area contributed by atoms with Crippen molar-refractivity contribution in [1.82, 2.24) is 4.98 Å². The first-order chi connectivity index (χ1) is 13.7. The van der Waals surface area contributed by atoms with Crippen molar-refractivity contribution in [3.8, 4) is 5.75 Å². The van der Waals surface area contributed by atoms with Crippen LogP contribution in [0.3, 0.4) is 0 Å². The Kier molecular flexibility index (Phi) is 7.35. The molecule has 8 heteroatoms. The average Bonchev–Trinajstić information content (AvgIpc) is 2.72. The summed E-state index contributed by atoms with van der Waals surface area (Å²) < 4.78 is 33.5. The molecule has 0 bridgehead atoms. The van der Waals surface area contributed by atoms with Crippen LogP contribution in [0.2, 0.25) is 0 Å². The molecule has 0 saturated carbocycles. The molecule has 0 fully saturated rings. The van der Waals surface area contributed by atoms with Crippen LogP contribution in [-0.4, -0.2) is 40.6 Å². The van der Waals surface area contributed by atoms with Gasteiger partial charge in [-0.25, -0.2) is 13.4 Å². The number of pyridine rings is 1. The molecule has 3 N–H and O–H groups in total. The Bertz CT molecular complexity index is 945. The van der Waals surface area contributed by atoms with Crippen LogP contribution in [-0.2, 0) is 9.84 Å². The van der Waals surface area contributed by atoms with E-state index in [1.807, 2.05) is 0 Å². The number of aromatic nitrogens is 1. The monoisotopic (exact) mass is 420 g/mol. The Balaban J connectivity index is 2.73. The Morgan fingerprint density at radius 1 is 0.966 bits per heavy atom. The lowest BCUT2D eigenvalue weighted by Crippen LogP contribution is -2.17. The minimum absolute atomic E-state index is 0.0173. The van der Waals surface area contributed by atoms with Gasteiger partial charge in [-0.2, -0.15) is 0 Å². The van der Waals surface area contributed by atoms with Gasteiger partial charge in [0, 0.05) is 44.2 Å². The standard InChI is InChI=1S/C21H32N4O3S/c1-8-16(9-2)28-19-10-13(3)25-21(14(19)4)29(26,27)20-17(23-6)11-15(22-5)12-18(20)24-7/h10-12,16,22-24H,8-9H2,1-7H3. The summed E-state index contributed by atoms with van der Waals surface area (Å²) in [5.74, 6) is 0.564. The van der Waals surface area contributed by atoms with E-state index in [1.54, 1.807) is 53.2 Å². The molecule has 0 atom stereocenters. The van der Waals surface area contributed by atoms with Gasteiger partial charge in [-0.3, -0.25) is 0 Å². The molecule has 0 aliphatic heterocycles. The van der Waals surface area contributed by atoms with Crippen molar-refractivity contribution in [2.24, 2.45) is 0 Å². The fraction of sp³-hybridized carbons (Fsp3) is 0.476. The first-order valence-corrected chi connectivity index (χ1v) is 11.3. The molecule has 0 aliphatic carbocycles. The zero-order valence-corrected chi connectivity index (χ0v) is 19.1. The maximum atomic E-state index is 13.7. The first-order valence-electron chi connectivity index (χ1n) is 9.84. The highest BCUT2D eigenvalue weighted by Crippen LogP contribution is 2.38. The number of ether oxygens (including phenoxy) is 1. The van der Waals surface area contributed by atoms with E-state index in [-0.39, 0.29) is 16.0 Å². The van der Waals surface area contributed by atoms with Gasteiger partial charge in [0.25, 0.3) is 0 Å². The second kappa shape index (κ2) is 9.35. The van der Waals surface area contributed by atoms with Gasteiger partial charge in [0.2, 0.25) is 9.84 Å². The largest absolute Gasteiger partial charge is 0.490 e. The molecular weight excluding hydrogens is 388 g/mol. The highest BCUT2D eigenvalue weighted by molar-refractivity contribution is 7.91. The number of sulfone groups is 1. The maximum Gasteiger partial charge on any atom is 0.228 e. The van der Waals surface area contributed by atoms with Crippen LogP contribution in [0.5, 0.6) is 5.75 Å². The SMILES string of the molecule is CCC(CC)Oc1cc(C)nc(S(=O)(=O)c2c(NC)cc(NC)cc2NC)c1C. The van der Waals surface area contributed by atoms with Gasteiger partial charge in [-0.15, -0.1) is 0 Å². The molecule has 0 saturated heterocycles. The van der Waals surface area contributed by atoms with Gasteiger partial charge in [0.1, 0.15) is 10.6 Å². The summed E-state index contributed by atoms with van der Waals surface area (Å²) in [4.78, 5) is 4.56. The molecule has 29 heavy (non-hydrogen) atoms. The fourth-order valence-corrected chi connectivity index (χ4v) is 5.09. The van der Waals surface area contributed by atoms with Crippen LogP contribution < -0.4 is 20.7 Å². The lowest BCUT2D eigenvalue weighted by Gasteiger charge is -2.21. The molecule has 0 amide bonds. The number of nitrogens with one attached hydrogen (secondary N) is 3. The minimum atomic E-state index is -3.92. The number of nitrogens with zero attached hydrogens (tertiary/aromatic N) is 1. The third-order valence-corrected chi connectivity index (χ3v) is 6.84. The third-order valence-electron chi connectivity index (χ3n) is 4.95. The predicted octanol–water partition coefficient (Wildman–Crippen LogP) is 4.22. The van der Waals surface area contributed by atoms with Crippen LogP contribution in [0.1, 0.15) is 37.9 Å². The Morgan fingerprint density at radius 3 is 1.97 bits per heavy atom. The minimum Gasteiger partial charge on any atom is -0.490 e. The van der Waals surface area contributed by atoms with Crippen LogP contribution in [0, 0.1) is 13.8 Å². The fourth-order valence-electron chi connectivity index (χ4n) is 3.23. The second-order valence-corrected chi connectivity index (χ2v) is 8.70. The summed E-state index contributed by atoms with van der Waals surface area (Å²) in [5.41, 5.74) is 2.89. The van der Waals surface area contributed by atoms with E-state index in [0.29, 0.717) is 28.4 Å². The van der Waals surface area contributed by atoms with E-state index >= 15 is 0 Å². The Hall–Kier alpha value is -2.48. The maximum absolute atomic E-state index is 13.7. The van der Waals surface area contributed by atoms with Crippen molar-refractivity contribution in [3.05, 3.63) is 29.5 Å². The summed E-state index contributed by atoms with van der Waals surface area (Å²) in [6.07, 6.45) is 1.72. The zero-order chi connectivity index (χ0) is 21.8. The van der Waals surface area contributed by atoms with E-state index in [0.717, 1.165) is 18.5 Å². The van der Waals surface area contributed by atoms with E-state index in [9.17, 15) is 8.42 Å². The average molecular weight is 421 g/mol. The number of hydrogen-bond acceptors (Lipinski definition) is 7.